The van der Waals surface area contributed by atoms with E-state index in [1.807, 2.05) is 12.1 Å². The number of hydrogen-bond donors (Lipinski definition) is 3. The number of anilines is 2. The van der Waals surface area contributed by atoms with Crippen LogP contribution >= 0.6 is 0 Å². The molecule has 0 aliphatic heterocycles. The molecule has 1 aromatic rings. The zero-order chi connectivity index (χ0) is 10.7. The number of aromatic nitrogens is 1. The monoisotopic (exact) mass is 207 g/mol. The van der Waals surface area contributed by atoms with Crippen LogP contribution in [0.4, 0.5) is 11.5 Å². The van der Waals surface area contributed by atoms with E-state index in [-0.39, 0.29) is 12.1 Å². The average Bonchev–Trinajstić information content (AvgIpc) is 2.71. The Morgan fingerprint density at radius 1 is 1.47 bits per heavy atom. The zero-order valence-electron chi connectivity index (χ0n) is 8.74. The van der Waals surface area contributed by atoms with E-state index in [9.17, 15) is 5.11 Å². The third-order valence-electron chi connectivity index (χ3n) is 3.10. The zero-order valence-corrected chi connectivity index (χ0v) is 8.74. The molecule has 0 saturated heterocycles. The van der Waals surface area contributed by atoms with Crippen LogP contribution in [0.3, 0.4) is 0 Å². The Morgan fingerprint density at radius 3 is 2.80 bits per heavy atom. The van der Waals surface area contributed by atoms with Gasteiger partial charge in [-0.15, -0.1) is 0 Å². The molecule has 4 N–H and O–H groups in total. The lowest BCUT2D eigenvalue weighted by Crippen LogP contribution is -2.39. The van der Waals surface area contributed by atoms with Crippen LogP contribution in [0.5, 0.6) is 0 Å². The van der Waals surface area contributed by atoms with Crippen molar-refractivity contribution in [2.75, 3.05) is 17.7 Å². The molecule has 0 aromatic carbocycles. The second-order valence-corrected chi connectivity index (χ2v) is 4.21. The number of nitrogens with one attached hydrogen (secondary N) is 1. The highest BCUT2D eigenvalue weighted by molar-refractivity contribution is 5.62. The van der Waals surface area contributed by atoms with Crippen molar-refractivity contribution in [3.05, 3.63) is 18.3 Å². The molecular weight excluding hydrogens is 190 g/mol. The Labute approximate surface area is 89.5 Å². The van der Waals surface area contributed by atoms with Gasteiger partial charge in [0.1, 0.15) is 5.82 Å². The highest BCUT2D eigenvalue weighted by Crippen LogP contribution is 2.33. The maximum atomic E-state index is 9.45. The van der Waals surface area contributed by atoms with Crippen LogP contribution in [0, 0.1) is 0 Å². The quantitative estimate of drug-likeness (QED) is 0.700. The molecule has 1 aromatic heterocycles. The molecule has 4 heteroatoms. The smallest absolute Gasteiger partial charge is 0.146 e. The van der Waals surface area contributed by atoms with Gasteiger partial charge < -0.3 is 16.2 Å². The first-order valence-corrected chi connectivity index (χ1v) is 5.35. The molecule has 82 valence electrons. The minimum atomic E-state index is -0.183. The standard InChI is InChI=1S/C11H17N3O/c12-10-9(4-3-7-13-10)14-11(8-15)5-1-2-6-11/h3-4,7,14-15H,1-2,5-6,8H2,(H2,12,13). The predicted molar refractivity (Wildman–Crippen MR) is 60.6 cm³/mol. The number of aliphatic hydroxyl groups is 1. The minimum absolute atomic E-state index is 0.154. The van der Waals surface area contributed by atoms with E-state index < -0.39 is 0 Å². The van der Waals surface area contributed by atoms with Crippen LogP contribution in [0.2, 0.25) is 0 Å². The number of pyridine rings is 1. The topological polar surface area (TPSA) is 71.2 Å². The van der Waals surface area contributed by atoms with Gasteiger partial charge in [0.2, 0.25) is 0 Å². The number of nitrogens with zero attached hydrogens (tertiary/aromatic N) is 1. The lowest BCUT2D eigenvalue weighted by Gasteiger charge is -2.29. The van der Waals surface area contributed by atoms with Gasteiger partial charge in [0, 0.05) is 6.20 Å². The summed E-state index contributed by atoms with van der Waals surface area (Å²) in [5, 5.41) is 12.8. The molecule has 0 radical (unpaired) electrons. The van der Waals surface area contributed by atoms with Crippen molar-refractivity contribution in [1.29, 1.82) is 0 Å². The van der Waals surface area contributed by atoms with E-state index in [0.717, 1.165) is 31.4 Å². The fraction of sp³-hybridized carbons (Fsp3) is 0.545. The highest BCUT2D eigenvalue weighted by atomic mass is 16.3. The molecule has 0 unspecified atom stereocenters. The maximum absolute atomic E-state index is 9.45. The lowest BCUT2D eigenvalue weighted by atomic mass is 9.98. The van der Waals surface area contributed by atoms with Gasteiger partial charge in [0.05, 0.1) is 17.8 Å². The highest BCUT2D eigenvalue weighted by Gasteiger charge is 2.33. The molecule has 0 spiro atoms. The molecule has 0 bridgehead atoms. The Balaban J connectivity index is 2.16. The Bertz CT molecular complexity index is 334. The number of rotatable bonds is 3. The van der Waals surface area contributed by atoms with Crippen LogP contribution < -0.4 is 11.1 Å². The van der Waals surface area contributed by atoms with Crippen molar-refractivity contribution in [2.45, 2.75) is 31.2 Å². The predicted octanol–water partition coefficient (Wildman–Crippen LogP) is 1.38. The SMILES string of the molecule is Nc1ncccc1NC1(CO)CCCC1. The lowest BCUT2D eigenvalue weighted by molar-refractivity contribution is 0.214. The van der Waals surface area contributed by atoms with Crippen molar-refractivity contribution in [3.63, 3.8) is 0 Å². The van der Waals surface area contributed by atoms with Gasteiger partial charge in [0.15, 0.2) is 0 Å². The van der Waals surface area contributed by atoms with E-state index in [0.29, 0.717) is 5.82 Å². The normalized spacial score (nSPS) is 19.0. The molecule has 1 saturated carbocycles. The van der Waals surface area contributed by atoms with Crippen LogP contribution in [0.15, 0.2) is 18.3 Å². The summed E-state index contributed by atoms with van der Waals surface area (Å²) in [4.78, 5) is 4.02. The summed E-state index contributed by atoms with van der Waals surface area (Å²) in [5.41, 5.74) is 6.40. The summed E-state index contributed by atoms with van der Waals surface area (Å²) in [6.45, 7) is 0.154. The van der Waals surface area contributed by atoms with Crippen molar-refractivity contribution in [2.24, 2.45) is 0 Å². The van der Waals surface area contributed by atoms with E-state index in [4.69, 9.17) is 5.73 Å². The molecule has 0 amide bonds. The Kier molecular flexibility index (Phi) is 2.77. The number of aliphatic hydroxyl groups excluding tert-OH is 1. The summed E-state index contributed by atoms with van der Waals surface area (Å²) in [6.07, 6.45) is 5.98. The summed E-state index contributed by atoms with van der Waals surface area (Å²) < 4.78 is 0. The molecule has 1 heterocycles. The van der Waals surface area contributed by atoms with Crippen LogP contribution in [0.25, 0.3) is 0 Å². The van der Waals surface area contributed by atoms with Crippen molar-refractivity contribution in [1.82, 2.24) is 4.98 Å². The van der Waals surface area contributed by atoms with Crippen molar-refractivity contribution >= 4 is 11.5 Å². The van der Waals surface area contributed by atoms with Crippen LogP contribution in [-0.4, -0.2) is 22.2 Å². The first kappa shape index (κ1) is 10.2. The van der Waals surface area contributed by atoms with Crippen LogP contribution in [0.1, 0.15) is 25.7 Å². The maximum Gasteiger partial charge on any atom is 0.146 e. The van der Waals surface area contributed by atoms with Gasteiger partial charge >= 0.3 is 0 Å². The average molecular weight is 207 g/mol. The summed E-state index contributed by atoms with van der Waals surface area (Å²) in [7, 11) is 0. The van der Waals surface area contributed by atoms with E-state index in [1.54, 1.807) is 6.20 Å². The summed E-state index contributed by atoms with van der Waals surface area (Å²) in [6, 6.07) is 3.75. The molecule has 4 nitrogen and oxygen atoms in total. The third kappa shape index (κ3) is 2.04. The van der Waals surface area contributed by atoms with Crippen LogP contribution in [-0.2, 0) is 0 Å². The van der Waals surface area contributed by atoms with E-state index in [1.165, 1.54) is 0 Å². The summed E-state index contributed by atoms with van der Waals surface area (Å²) in [5.74, 6) is 0.497. The number of hydrogen-bond acceptors (Lipinski definition) is 4. The van der Waals surface area contributed by atoms with Gasteiger partial charge in [-0.05, 0) is 25.0 Å². The summed E-state index contributed by atoms with van der Waals surface area (Å²) >= 11 is 0. The van der Waals surface area contributed by atoms with Gasteiger partial charge in [-0.3, -0.25) is 0 Å². The van der Waals surface area contributed by atoms with E-state index in [2.05, 4.69) is 10.3 Å². The molecule has 15 heavy (non-hydrogen) atoms. The first-order valence-electron chi connectivity index (χ1n) is 5.35. The van der Waals surface area contributed by atoms with E-state index >= 15 is 0 Å². The number of nitrogen functional groups attached to an aromatic ring is 1. The van der Waals surface area contributed by atoms with Crippen molar-refractivity contribution in [3.8, 4) is 0 Å². The van der Waals surface area contributed by atoms with Gasteiger partial charge in [-0.1, -0.05) is 12.8 Å². The fourth-order valence-electron chi connectivity index (χ4n) is 2.18. The number of nitrogens with two attached hydrogens (primary N) is 1. The molecule has 1 fully saturated rings. The fourth-order valence-corrected chi connectivity index (χ4v) is 2.18. The molecular formula is C11H17N3O. The largest absolute Gasteiger partial charge is 0.394 e. The molecule has 2 rings (SSSR count). The second kappa shape index (κ2) is 4.06. The Hall–Kier alpha value is -1.29. The first-order chi connectivity index (χ1) is 7.26. The van der Waals surface area contributed by atoms with Gasteiger partial charge in [-0.25, -0.2) is 4.98 Å². The Morgan fingerprint density at radius 2 is 2.20 bits per heavy atom. The minimum Gasteiger partial charge on any atom is -0.394 e. The third-order valence-corrected chi connectivity index (χ3v) is 3.10. The molecule has 0 atom stereocenters. The second-order valence-electron chi connectivity index (χ2n) is 4.21. The molecule has 1 aliphatic rings. The van der Waals surface area contributed by atoms with Gasteiger partial charge in [-0.2, -0.15) is 0 Å². The van der Waals surface area contributed by atoms with Crippen molar-refractivity contribution < 1.29 is 5.11 Å². The van der Waals surface area contributed by atoms with Gasteiger partial charge in [0.25, 0.3) is 0 Å². The molecule has 1 aliphatic carbocycles.